The number of rotatable bonds is 3. The molecule has 4 rings (SSSR count). The molecule has 3 heteroatoms. The van der Waals surface area contributed by atoms with Gasteiger partial charge >= 0.3 is 5.97 Å². The van der Waals surface area contributed by atoms with E-state index in [1.165, 1.54) is 7.11 Å². The lowest BCUT2D eigenvalue weighted by molar-refractivity contribution is 0.0597. The first-order chi connectivity index (χ1) is 12.7. The molecule has 4 aromatic carbocycles. The van der Waals surface area contributed by atoms with E-state index < -0.39 is 5.97 Å². The van der Waals surface area contributed by atoms with Crippen LogP contribution in [0.15, 0.2) is 78.9 Å². The Morgan fingerprint density at radius 3 is 1.81 bits per heavy atom. The maximum absolute atomic E-state index is 13.2. The molecule has 0 aromatic heterocycles. The Kier molecular flexibility index (Phi) is 3.98. The van der Waals surface area contributed by atoms with Crippen LogP contribution in [0.4, 0.5) is 0 Å². The lowest BCUT2D eigenvalue weighted by atomic mass is 9.93. The summed E-state index contributed by atoms with van der Waals surface area (Å²) in [7, 11) is 1.32. The molecular formula is C23H16O3. The van der Waals surface area contributed by atoms with Gasteiger partial charge in [0.15, 0.2) is 5.78 Å². The zero-order valence-corrected chi connectivity index (χ0v) is 14.2. The van der Waals surface area contributed by atoms with Gasteiger partial charge in [0.2, 0.25) is 0 Å². The van der Waals surface area contributed by atoms with E-state index in [0.29, 0.717) is 11.1 Å². The lowest BCUT2D eigenvalue weighted by Crippen LogP contribution is -2.11. The number of methoxy groups -OCH3 is 1. The van der Waals surface area contributed by atoms with Crippen molar-refractivity contribution < 1.29 is 14.3 Å². The third-order valence-electron chi connectivity index (χ3n) is 4.55. The topological polar surface area (TPSA) is 43.4 Å². The largest absolute Gasteiger partial charge is 0.465 e. The van der Waals surface area contributed by atoms with Crippen LogP contribution in [-0.4, -0.2) is 18.9 Å². The van der Waals surface area contributed by atoms with Gasteiger partial charge in [-0.25, -0.2) is 4.79 Å². The molecule has 0 N–H and O–H groups in total. The maximum Gasteiger partial charge on any atom is 0.338 e. The summed E-state index contributed by atoms with van der Waals surface area (Å²) in [6.45, 7) is 0. The number of esters is 1. The van der Waals surface area contributed by atoms with Crippen LogP contribution in [0, 0.1) is 0 Å². The summed E-state index contributed by atoms with van der Waals surface area (Å²) in [5.74, 6) is -0.707. The Morgan fingerprint density at radius 1 is 0.654 bits per heavy atom. The number of fused-ring (bicyclic) bond motifs is 2. The Labute approximate surface area is 150 Å². The highest BCUT2D eigenvalue weighted by molar-refractivity contribution is 6.17. The van der Waals surface area contributed by atoms with Crippen molar-refractivity contribution in [1.82, 2.24) is 0 Å². The zero-order chi connectivity index (χ0) is 18.1. The van der Waals surface area contributed by atoms with Gasteiger partial charge < -0.3 is 4.74 Å². The molecule has 0 fully saturated rings. The van der Waals surface area contributed by atoms with Crippen molar-refractivity contribution in [3.63, 3.8) is 0 Å². The summed E-state index contributed by atoms with van der Waals surface area (Å²) in [5, 5.41) is 3.85. The minimum Gasteiger partial charge on any atom is -0.465 e. The Balaban J connectivity index is 1.90. The summed E-state index contributed by atoms with van der Waals surface area (Å²) in [4.78, 5) is 25.4. The predicted molar refractivity (Wildman–Crippen MR) is 103 cm³/mol. The molecule has 0 radical (unpaired) electrons. The molecule has 0 unspecified atom stereocenters. The molecule has 126 valence electrons. The monoisotopic (exact) mass is 340 g/mol. The first-order valence-electron chi connectivity index (χ1n) is 8.32. The van der Waals surface area contributed by atoms with Gasteiger partial charge in [-0.1, -0.05) is 60.7 Å². The van der Waals surface area contributed by atoms with Gasteiger partial charge in [0.1, 0.15) is 0 Å². The second-order valence-electron chi connectivity index (χ2n) is 6.13. The molecule has 0 saturated carbocycles. The third-order valence-corrected chi connectivity index (χ3v) is 4.55. The van der Waals surface area contributed by atoms with Crippen molar-refractivity contribution in [2.75, 3.05) is 7.11 Å². The molecule has 0 heterocycles. The predicted octanol–water partition coefficient (Wildman–Crippen LogP) is 5.01. The minimum absolute atomic E-state index is 0.193. The molecule has 0 amide bonds. The first-order valence-corrected chi connectivity index (χ1v) is 8.32. The van der Waals surface area contributed by atoms with Gasteiger partial charge in [0, 0.05) is 11.1 Å². The second kappa shape index (κ2) is 6.45. The van der Waals surface area contributed by atoms with Crippen LogP contribution in [0.1, 0.15) is 26.3 Å². The Bertz CT molecular complexity index is 1160. The molecule has 0 saturated heterocycles. The summed E-state index contributed by atoms with van der Waals surface area (Å²) >= 11 is 0. The van der Waals surface area contributed by atoms with E-state index in [-0.39, 0.29) is 11.3 Å². The molecule has 26 heavy (non-hydrogen) atoms. The third kappa shape index (κ3) is 2.74. The van der Waals surface area contributed by atoms with Crippen molar-refractivity contribution in [1.29, 1.82) is 0 Å². The number of hydrogen-bond donors (Lipinski definition) is 0. The van der Waals surface area contributed by atoms with Crippen LogP contribution in [0.25, 0.3) is 21.5 Å². The van der Waals surface area contributed by atoms with Crippen LogP contribution in [0.5, 0.6) is 0 Å². The highest BCUT2D eigenvalue weighted by atomic mass is 16.5. The van der Waals surface area contributed by atoms with E-state index in [1.54, 1.807) is 18.2 Å². The van der Waals surface area contributed by atoms with Crippen molar-refractivity contribution in [2.45, 2.75) is 0 Å². The Morgan fingerprint density at radius 2 is 1.19 bits per heavy atom. The van der Waals surface area contributed by atoms with Gasteiger partial charge in [-0.15, -0.1) is 0 Å². The zero-order valence-electron chi connectivity index (χ0n) is 14.2. The molecule has 0 spiro atoms. The molecule has 3 nitrogen and oxygen atoms in total. The molecule has 0 bridgehead atoms. The highest BCUT2D eigenvalue weighted by Crippen LogP contribution is 2.25. The summed E-state index contributed by atoms with van der Waals surface area (Å²) in [6, 6.07) is 24.5. The van der Waals surface area contributed by atoms with Crippen molar-refractivity contribution >= 4 is 33.3 Å². The van der Waals surface area contributed by atoms with Gasteiger partial charge in [0.25, 0.3) is 0 Å². The summed E-state index contributed by atoms with van der Waals surface area (Å²) in [5.41, 5.74) is 1.18. The van der Waals surface area contributed by atoms with E-state index in [4.69, 9.17) is 4.74 Å². The van der Waals surface area contributed by atoms with Crippen LogP contribution in [0.3, 0.4) is 0 Å². The van der Waals surface area contributed by atoms with Crippen molar-refractivity contribution in [3.05, 3.63) is 95.6 Å². The summed E-state index contributed by atoms with van der Waals surface area (Å²) in [6.07, 6.45) is 0. The average molecular weight is 340 g/mol. The lowest BCUT2D eigenvalue weighted by Gasteiger charge is -2.10. The Hall–Kier alpha value is -3.46. The maximum atomic E-state index is 13.2. The number of hydrogen-bond acceptors (Lipinski definition) is 3. The summed E-state index contributed by atoms with van der Waals surface area (Å²) < 4.78 is 4.89. The molecular weight excluding hydrogens is 324 g/mol. The molecule has 0 aliphatic rings. The normalized spacial score (nSPS) is 10.8. The molecule has 4 aromatic rings. The standard InChI is InChI=1S/C23H16O3/c1-26-23(25)21-14-18-9-5-4-8-17(18)13-20(21)22(24)19-11-10-15-6-2-3-7-16(15)12-19/h2-14H,1H3. The fraction of sp³-hybridized carbons (Fsp3) is 0.0435. The highest BCUT2D eigenvalue weighted by Gasteiger charge is 2.20. The van der Waals surface area contributed by atoms with E-state index in [2.05, 4.69) is 0 Å². The number of ketones is 1. The number of ether oxygens (including phenoxy) is 1. The molecule has 0 aliphatic carbocycles. The quantitative estimate of drug-likeness (QED) is 0.389. The van der Waals surface area contributed by atoms with Crippen LogP contribution < -0.4 is 0 Å². The van der Waals surface area contributed by atoms with Gasteiger partial charge in [0.05, 0.1) is 12.7 Å². The van der Waals surface area contributed by atoms with Crippen LogP contribution in [-0.2, 0) is 4.74 Å². The SMILES string of the molecule is COC(=O)c1cc2ccccc2cc1C(=O)c1ccc2ccccc2c1. The van der Waals surface area contributed by atoms with Crippen LogP contribution in [0.2, 0.25) is 0 Å². The molecule has 0 atom stereocenters. The first kappa shape index (κ1) is 16.0. The van der Waals surface area contributed by atoms with Crippen molar-refractivity contribution in [2.24, 2.45) is 0 Å². The van der Waals surface area contributed by atoms with Crippen LogP contribution >= 0.6 is 0 Å². The minimum atomic E-state index is -0.514. The van der Waals surface area contributed by atoms with E-state index in [0.717, 1.165) is 21.5 Å². The number of carbonyl (C=O) groups excluding carboxylic acids is 2. The van der Waals surface area contributed by atoms with E-state index in [1.807, 2.05) is 60.7 Å². The smallest absolute Gasteiger partial charge is 0.338 e. The van der Waals surface area contributed by atoms with E-state index in [9.17, 15) is 9.59 Å². The van der Waals surface area contributed by atoms with Gasteiger partial charge in [-0.2, -0.15) is 0 Å². The van der Waals surface area contributed by atoms with Gasteiger partial charge in [-0.3, -0.25) is 4.79 Å². The molecule has 0 aliphatic heterocycles. The van der Waals surface area contributed by atoms with E-state index >= 15 is 0 Å². The van der Waals surface area contributed by atoms with Gasteiger partial charge in [-0.05, 0) is 39.7 Å². The fourth-order valence-corrected chi connectivity index (χ4v) is 3.19. The number of benzene rings is 4. The number of carbonyl (C=O) groups is 2. The second-order valence-corrected chi connectivity index (χ2v) is 6.13. The fourth-order valence-electron chi connectivity index (χ4n) is 3.19. The van der Waals surface area contributed by atoms with Crippen molar-refractivity contribution in [3.8, 4) is 0 Å². The average Bonchev–Trinajstić information content (AvgIpc) is 2.71.